The first-order valence-corrected chi connectivity index (χ1v) is 9.10. The Balaban J connectivity index is 2.18. The molecule has 3 rings (SSSR count). The van der Waals surface area contributed by atoms with E-state index >= 15 is 0 Å². The first-order chi connectivity index (χ1) is 10.3. The van der Waals surface area contributed by atoms with Gasteiger partial charge in [-0.15, -0.1) is 0 Å². The molecule has 0 aromatic heterocycles. The van der Waals surface area contributed by atoms with Gasteiger partial charge in [-0.3, -0.25) is 4.31 Å². The van der Waals surface area contributed by atoms with Crippen LogP contribution in [0.1, 0.15) is 18.1 Å². The van der Waals surface area contributed by atoms with E-state index in [-0.39, 0.29) is 16.0 Å². The highest BCUT2D eigenvalue weighted by atomic mass is 35.5. The second kappa shape index (κ2) is 5.44. The maximum Gasteiger partial charge on any atom is 0.266 e. The molecule has 1 atom stereocenters. The van der Waals surface area contributed by atoms with E-state index in [4.69, 9.17) is 23.2 Å². The fourth-order valence-corrected chi connectivity index (χ4v) is 5.33. The molecule has 0 radical (unpaired) electrons. The molecule has 116 valence electrons. The Morgan fingerprint density at radius 2 is 1.82 bits per heavy atom. The molecule has 0 aliphatic carbocycles. The van der Waals surface area contributed by atoms with Gasteiger partial charge in [0.2, 0.25) is 0 Å². The number of hydrogen-bond donors (Lipinski definition) is 0. The third-order valence-corrected chi connectivity index (χ3v) is 6.95. The second-order valence-corrected chi connectivity index (χ2v) is 8.04. The second-order valence-electron chi connectivity index (χ2n) is 5.47. The lowest BCUT2D eigenvalue weighted by Crippen LogP contribution is -2.35. The fraction of sp³-hybridized carbons (Fsp3) is 0.250. The summed E-state index contributed by atoms with van der Waals surface area (Å²) >= 11 is 12.3. The van der Waals surface area contributed by atoms with Crippen molar-refractivity contribution in [3.05, 3.63) is 57.6 Å². The lowest BCUT2D eigenvalue weighted by atomic mass is 10.1. The first kappa shape index (κ1) is 15.7. The van der Waals surface area contributed by atoms with Crippen LogP contribution >= 0.6 is 23.2 Å². The first-order valence-electron chi connectivity index (χ1n) is 6.91. The molecular formula is C16H15Cl2NO2S. The van der Waals surface area contributed by atoms with Gasteiger partial charge in [0.1, 0.15) is 4.90 Å². The molecule has 6 heteroatoms. The number of para-hydroxylation sites is 1. The Kier molecular flexibility index (Phi) is 3.87. The zero-order chi connectivity index (χ0) is 16.1. The molecule has 1 aliphatic rings. The molecule has 22 heavy (non-hydrogen) atoms. The van der Waals surface area contributed by atoms with Gasteiger partial charge in [-0.1, -0.05) is 41.4 Å². The van der Waals surface area contributed by atoms with Crippen LogP contribution in [0.3, 0.4) is 0 Å². The molecule has 0 fully saturated rings. The summed E-state index contributed by atoms with van der Waals surface area (Å²) in [6.45, 7) is 3.61. The molecule has 3 nitrogen and oxygen atoms in total. The number of benzene rings is 2. The molecule has 2 aromatic carbocycles. The Morgan fingerprint density at radius 3 is 2.55 bits per heavy atom. The molecular weight excluding hydrogens is 341 g/mol. The van der Waals surface area contributed by atoms with E-state index in [0.29, 0.717) is 17.0 Å². The van der Waals surface area contributed by atoms with Gasteiger partial charge in [0.25, 0.3) is 10.0 Å². The van der Waals surface area contributed by atoms with Crippen molar-refractivity contribution in [1.82, 2.24) is 0 Å². The molecule has 0 bridgehead atoms. The summed E-state index contributed by atoms with van der Waals surface area (Å²) in [5, 5.41) is 0.642. The van der Waals surface area contributed by atoms with Crippen LogP contribution in [0.25, 0.3) is 0 Å². The van der Waals surface area contributed by atoms with E-state index in [0.717, 1.165) is 11.3 Å². The van der Waals surface area contributed by atoms with Gasteiger partial charge < -0.3 is 0 Å². The van der Waals surface area contributed by atoms with Gasteiger partial charge in [0.15, 0.2) is 0 Å². The highest BCUT2D eigenvalue weighted by Crippen LogP contribution is 2.39. The number of fused-ring (bicyclic) bond motifs is 1. The van der Waals surface area contributed by atoms with Gasteiger partial charge in [-0.05, 0) is 49.6 Å². The number of anilines is 1. The van der Waals surface area contributed by atoms with Crippen LogP contribution in [0.2, 0.25) is 10.0 Å². The minimum absolute atomic E-state index is 0.0969. The van der Waals surface area contributed by atoms with Crippen molar-refractivity contribution < 1.29 is 8.42 Å². The molecule has 0 saturated carbocycles. The summed E-state index contributed by atoms with van der Waals surface area (Å²) in [6, 6.07) is 10.4. The Morgan fingerprint density at radius 1 is 1.14 bits per heavy atom. The summed E-state index contributed by atoms with van der Waals surface area (Å²) < 4.78 is 27.6. The summed E-state index contributed by atoms with van der Waals surface area (Å²) in [7, 11) is -3.73. The van der Waals surface area contributed by atoms with E-state index in [1.165, 1.54) is 10.4 Å². The summed E-state index contributed by atoms with van der Waals surface area (Å²) in [6.07, 6.45) is 0.694. The van der Waals surface area contributed by atoms with E-state index in [2.05, 4.69) is 0 Å². The van der Waals surface area contributed by atoms with Crippen molar-refractivity contribution in [2.45, 2.75) is 31.2 Å². The standard InChI is InChI=1S/C16H15Cl2NO2S/c1-10-9-12-5-3-4-6-14(12)19(10)22(20,21)15-8-7-13(17)11(2)16(15)18/h3-8,10H,9H2,1-2H3/t10-/m1/s1. The molecule has 0 amide bonds. The third-order valence-electron chi connectivity index (χ3n) is 3.97. The van der Waals surface area contributed by atoms with Crippen LogP contribution in [0.15, 0.2) is 41.3 Å². The summed E-state index contributed by atoms with van der Waals surface area (Å²) in [5.41, 5.74) is 2.32. The average molecular weight is 356 g/mol. The quantitative estimate of drug-likeness (QED) is 0.798. The molecule has 0 saturated heterocycles. The van der Waals surface area contributed by atoms with E-state index in [1.54, 1.807) is 13.0 Å². The predicted octanol–water partition coefficient (Wildman–Crippen LogP) is 4.44. The van der Waals surface area contributed by atoms with Gasteiger partial charge in [0, 0.05) is 11.1 Å². The Labute approximate surface area is 140 Å². The normalized spacial score (nSPS) is 17.6. The Bertz CT molecular complexity index is 849. The van der Waals surface area contributed by atoms with Crippen LogP contribution in [0, 0.1) is 6.92 Å². The fourth-order valence-electron chi connectivity index (χ4n) is 2.85. The zero-order valence-corrected chi connectivity index (χ0v) is 14.5. The monoisotopic (exact) mass is 355 g/mol. The largest absolute Gasteiger partial charge is 0.266 e. The lowest BCUT2D eigenvalue weighted by Gasteiger charge is -2.25. The van der Waals surface area contributed by atoms with E-state index in [1.807, 2.05) is 31.2 Å². The van der Waals surface area contributed by atoms with Crippen LogP contribution in [-0.2, 0) is 16.4 Å². The van der Waals surface area contributed by atoms with Gasteiger partial charge in [-0.2, -0.15) is 0 Å². The van der Waals surface area contributed by atoms with Crippen LogP contribution in [0.4, 0.5) is 5.69 Å². The maximum atomic E-state index is 13.1. The number of nitrogens with zero attached hydrogens (tertiary/aromatic N) is 1. The van der Waals surface area contributed by atoms with Crippen molar-refractivity contribution in [3.8, 4) is 0 Å². The molecule has 1 aliphatic heterocycles. The number of halogens is 2. The zero-order valence-electron chi connectivity index (χ0n) is 12.2. The minimum atomic E-state index is -3.73. The van der Waals surface area contributed by atoms with Crippen molar-refractivity contribution in [1.29, 1.82) is 0 Å². The number of hydrogen-bond acceptors (Lipinski definition) is 2. The van der Waals surface area contributed by atoms with Crippen molar-refractivity contribution in [3.63, 3.8) is 0 Å². The smallest absolute Gasteiger partial charge is 0.263 e. The van der Waals surface area contributed by atoms with E-state index in [9.17, 15) is 8.42 Å². The van der Waals surface area contributed by atoms with Crippen LogP contribution in [0.5, 0.6) is 0 Å². The van der Waals surface area contributed by atoms with Crippen molar-refractivity contribution >= 4 is 38.9 Å². The molecule has 2 aromatic rings. The average Bonchev–Trinajstić information content (AvgIpc) is 2.80. The predicted molar refractivity (Wildman–Crippen MR) is 90.5 cm³/mol. The third kappa shape index (κ3) is 2.30. The highest BCUT2D eigenvalue weighted by molar-refractivity contribution is 7.93. The van der Waals surface area contributed by atoms with E-state index < -0.39 is 10.0 Å². The van der Waals surface area contributed by atoms with Gasteiger partial charge >= 0.3 is 0 Å². The molecule has 0 N–H and O–H groups in total. The van der Waals surface area contributed by atoms with Crippen molar-refractivity contribution in [2.75, 3.05) is 4.31 Å². The minimum Gasteiger partial charge on any atom is -0.263 e. The highest BCUT2D eigenvalue weighted by Gasteiger charge is 2.37. The van der Waals surface area contributed by atoms with Crippen LogP contribution < -0.4 is 4.31 Å². The van der Waals surface area contributed by atoms with Crippen LogP contribution in [-0.4, -0.2) is 14.5 Å². The SMILES string of the molecule is Cc1c(Cl)ccc(S(=O)(=O)N2c3ccccc3C[C@H]2C)c1Cl. The number of sulfonamides is 1. The molecule has 1 heterocycles. The topological polar surface area (TPSA) is 37.4 Å². The summed E-state index contributed by atoms with van der Waals surface area (Å²) in [5.74, 6) is 0. The lowest BCUT2D eigenvalue weighted by molar-refractivity contribution is 0.584. The van der Waals surface area contributed by atoms with Gasteiger partial charge in [0.05, 0.1) is 10.7 Å². The maximum absolute atomic E-state index is 13.1. The van der Waals surface area contributed by atoms with Gasteiger partial charge in [-0.25, -0.2) is 8.42 Å². The van der Waals surface area contributed by atoms with Crippen molar-refractivity contribution in [2.24, 2.45) is 0 Å². The summed E-state index contributed by atoms with van der Waals surface area (Å²) in [4.78, 5) is 0.0969. The molecule has 0 unspecified atom stereocenters. The number of rotatable bonds is 2. The Hall–Kier alpha value is -1.23. The molecule has 0 spiro atoms.